The van der Waals surface area contributed by atoms with Crippen LogP contribution in [0.25, 0.3) is 0 Å². The van der Waals surface area contributed by atoms with Crippen molar-refractivity contribution in [2.24, 2.45) is 0 Å². The number of hydrogen-bond donors (Lipinski definition) is 2. The topological polar surface area (TPSA) is 112 Å². The zero-order chi connectivity index (χ0) is 21.8. The van der Waals surface area contributed by atoms with Crippen molar-refractivity contribution in [2.75, 3.05) is 85.2 Å². The van der Waals surface area contributed by atoms with E-state index in [4.69, 9.17) is 0 Å². The summed E-state index contributed by atoms with van der Waals surface area (Å²) < 4.78 is 0. The van der Waals surface area contributed by atoms with Gasteiger partial charge in [-0.05, 0) is 12.8 Å². The second-order valence-electron chi connectivity index (χ2n) is 8.35. The van der Waals surface area contributed by atoms with Crippen LogP contribution in [0.4, 0.5) is 19.2 Å². The third-order valence-corrected chi connectivity index (χ3v) is 6.31. The Morgan fingerprint density at radius 2 is 0.903 bits per heavy atom. The number of hydrogen-bond acceptors (Lipinski definition) is 4. The third-order valence-electron chi connectivity index (χ3n) is 6.31. The van der Waals surface area contributed by atoms with Gasteiger partial charge in [-0.1, -0.05) is 0 Å². The van der Waals surface area contributed by atoms with Gasteiger partial charge in [0.15, 0.2) is 0 Å². The molecule has 0 atom stereocenters. The predicted molar refractivity (Wildman–Crippen MR) is 111 cm³/mol. The molecule has 4 aliphatic rings. The van der Waals surface area contributed by atoms with E-state index in [1.54, 1.807) is 29.4 Å². The van der Waals surface area contributed by atoms with Gasteiger partial charge in [-0.25, -0.2) is 19.2 Å². The summed E-state index contributed by atoms with van der Waals surface area (Å²) in [5, 5.41) is 5.55. The fraction of sp³-hybridized carbons (Fsp3) is 0.789. The molecule has 0 bridgehead atoms. The van der Waals surface area contributed by atoms with E-state index in [-0.39, 0.29) is 24.1 Å². The van der Waals surface area contributed by atoms with Crippen molar-refractivity contribution < 1.29 is 19.2 Å². The zero-order valence-corrected chi connectivity index (χ0v) is 17.9. The lowest BCUT2D eigenvalue weighted by molar-refractivity contribution is 0.154. The Hall–Kier alpha value is -2.92. The molecule has 12 nitrogen and oxygen atoms in total. The highest BCUT2D eigenvalue weighted by Crippen LogP contribution is 2.15. The van der Waals surface area contributed by atoms with Crippen LogP contribution in [0.1, 0.15) is 12.8 Å². The molecule has 0 radical (unpaired) electrons. The fourth-order valence-electron chi connectivity index (χ4n) is 4.50. The summed E-state index contributed by atoms with van der Waals surface area (Å²) in [6.07, 6.45) is 1.50. The van der Waals surface area contributed by atoms with E-state index in [1.807, 2.05) is 0 Å². The van der Waals surface area contributed by atoms with E-state index in [0.29, 0.717) is 72.1 Å². The van der Waals surface area contributed by atoms with E-state index in [9.17, 15) is 19.2 Å². The molecule has 4 rings (SSSR count). The molecule has 4 aliphatic heterocycles. The molecule has 8 amide bonds. The molecule has 4 saturated heterocycles. The highest BCUT2D eigenvalue weighted by molar-refractivity contribution is 5.79. The van der Waals surface area contributed by atoms with Crippen molar-refractivity contribution in [1.29, 1.82) is 0 Å². The Morgan fingerprint density at radius 3 is 1.29 bits per heavy atom. The average Bonchev–Trinajstić information content (AvgIpc) is 3.51. The van der Waals surface area contributed by atoms with Gasteiger partial charge in [0.25, 0.3) is 0 Å². The van der Waals surface area contributed by atoms with Crippen LogP contribution in [0.15, 0.2) is 0 Å². The first-order valence-electron chi connectivity index (χ1n) is 11.2. The smallest absolute Gasteiger partial charge is 0.321 e. The van der Waals surface area contributed by atoms with Crippen molar-refractivity contribution in [3.8, 4) is 0 Å². The monoisotopic (exact) mass is 436 g/mol. The third kappa shape index (κ3) is 4.88. The molecule has 2 N–H and O–H groups in total. The number of nitrogens with one attached hydrogen (secondary N) is 2. The molecule has 12 heteroatoms. The molecule has 0 aromatic carbocycles. The molecule has 0 aliphatic carbocycles. The summed E-state index contributed by atoms with van der Waals surface area (Å²) in [6.45, 7) is 8.16. The van der Waals surface area contributed by atoms with Crippen molar-refractivity contribution in [3.05, 3.63) is 0 Å². The van der Waals surface area contributed by atoms with Gasteiger partial charge in [0.05, 0.1) is 6.67 Å². The first kappa shape index (κ1) is 21.3. The quantitative estimate of drug-likeness (QED) is 0.469. The summed E-state index contributed by atoms with van der Waals surface area (Å²) in [5.74, 6) is 0. The number of urea groups is 4. The van der Waals surface area contributed by atoms with Gasteiger partial charge in [0.2, 0.25) is 0 Å². The van der Waals surface area contributed by atoms with Crippen LogP contribution in [0, 0.1) is 0 Å². The van der Waals surface area contributed by atoms with Gasteiger partial charge in [-0.3, -0.25) is 0 Å². The minimum atomic E-state index is -0.0443. The normalized spacial score (nSPS) is 21.8. The number of nitrogens with zero attached hydrogens (tertiary/aromatic N) is 6. The predicted octanol–water partition coefficient (Wildman–Crippen LogP) is -0.750. The van der Waals surface area contributed by atoms with E-state index in [1.165, 1.54) is 0 Å². The fourth-order valence-corrected chi connectivity index (χ4v) is 4.50. The summed E-state index contributed by atoms with van der Waals surface area (Å²) in [6, 6.07) is -0.153. The zero-order valence-electron chi connectivity index (χ0n) is 17.9. The lowest BCUT2D eigenvalue weighted by atomic mass is 10.3. The van der Waals surface area contributed by atoms with Gasteiger partial charge >= 0.3 is 24.1 Å². The molecule has 0 aromatic rings. The molecule has 0 unspecified atom stereocenters. The molecular formula is C19H32N8O4. The lowest BCUT2D eigenvalue weighted by Crippen LogP contribution is -2.43. The maximum absolute atomic E-state index is 12.7. The second-order valence-corrected chi connectivity index (χ2v) is 8.35. The van der Waals surface area contributed by atoms with Crippen molar-refractivity contribution in [3.63, 3.8) is 0 Å². The van der Waals surface area contributed by atoms with Crippen LogP contribution in [0.3, 0.4) is 0 Å². The van der Waals surface area contributed by atoms with Crippen molar-refractivity contribution in [1.82, 2.24) is 40.0 Å². The number of amides is 8. The second kappa shape index (κ2) is 9.48. The molecular weight excluding hydrogens is 404 g/mol. The van der Waals surface area contributed by atoms with Gasteiger partial charge in [0.1, 0.15) is 0 Å². The lowest BCUT2D eigenvalue weighted by Gasteiger charge is -2.25. The van der Waals surface area contributed by atoms with Crippen molar-refractivity contribution >= 4 is 24.1 Å². The average molecular weight is 437 g/mol. The van der Waals surface area contributed by atoms with Crippen LogP contribution in [0.5, 0.6) is 0 Å². The highest BCUT2D eigenvalue weighted by Gasteiger charge is 2.34. The molecule has 0 aromatic heterocycles. The first-order chi connectivity index (χ1) is 15.0. The molecule has 31 heavy (non-hydrogen) atoms. The minimum absolute atomic E-state index is 0.0322. The Kier molecular flexibility index (Phi) is 6.52. The largest absolute Gasteiger partial charge is 0.336 e. The SMILES string of the molecule is O=C1NCCN1CCCN1CCN(CN2CCN(CCCN3CCNC3=O)C2=O)C1=O. The van der Waals surface area contributed by atoms with E-state index < -0.39 is 0 Å². The standard InChI is InChI=1S/C19H32N8O4/c28-16-20-3-9-22(16)5-1-7-24-11-13-26(18(24)30)15-27-14-12-25(19(27)31)8-2-6-23-10-4-21-17(23)29/h1-15H2,(H,20,28)(H,21,29). The van der Waals surface area contributed by atoms with E-state index in [2.05, 4.69) is 10.6 Å². The minimum Gasteiger partial charge on any atom is -0.336 e. The maximum atomic E-state index is 12.7. The Balaban J connectivity index is 1.15. The molecule has 4 fully saturated rings. The van der Waals surface area contributed by atoms with E-state index in [0.717, 1.165) is 25.9 Å². The summed E-state index contributed by atoms with van der Waals surface area (Å²) in [7, 11) is 0. The van der Waals surface area contributed by atoms with E-state index >= 15 is 0 Å². The Labute approximate surface area is 182 Å². The van der Waals surface area contributed by atoms with Crippen LogP contribution >= 0.6 is 0 Å². The van der Waals surface area contributed by atoms with Crippen molar-refractivity contribution in [2.45, 2.75) is 12.8 Å². The molecule has 172 valence electrons. The number of carbonyl (C=O) groups excluding carboxylic acids is 4. The number of carbonyl (C=O) groups is 4. The summed E-state index contributed by atoms with van der Waals surface area (Å²) in [5.41, 5.74) is 0. The summed E-state index contributed by atoms with van der Waals surface area (Å²) in [4.78, 5) is 59.1. The van der Waals surface area contributed by atoms with Crippen LogP contribution in [-0.4, -0.2) is 139 Å². The Bertz CT molecular complexity index is 661. The van der Waals surface area contributed by atoms with Gasteiger partial charge in [-0.15, -0.1) is 0 Å². The van der Waals surface area contributed by atoms with Gasteiger partial charge in [-0.2, -0.15) is 0 Å². The molecule has 0 saturated carbocycles. The maximum Gasteiger partial charge on any atom is 0.321 e. The van der Waals surface area contributed by atoms with Crippen LogP contribution < -0.4 is 10.6 Å². The summed E-state index contributed by atoms with van der Waals surface area (Å²) >= 11 is 0. The first-order valence-corrected chi connectivity index (χ1v) is 11.2. The molecule has 4 heterocycles. The Morgan fingerprint density at radius 1 is 0.516 bits per heavy atom. The van der Waals surface area contributed by atoms with Gasteiger partial charge < -0.3 is 40.0 Å². The number of rotatable bonds is 10. The van der Waals surface area contributed by atoms with Crippen LogP contribution in [-0.2, 0) is 0 Å². The molecule has 0 spiro atoms. The van der Waals surface area contributed by atoms with Crippen LogP contribution in [0.2, 0.25) is 0 Å². The van der Waals surface area contributed by atoms with Gasteiger partial charge in [0, 0.05) is 78.5 Å². The highest BCUT2D eigenvalue weighted by atomic mass is 16.2.